The maximum Gasteiger partial charge on any atom is 0.313 e. The number of carbonyl (C=O) groups excluding carboxylic acids is 4. The zero-order valence-corrected chi connectivity index (χ0v) is 32.1. The highest BCUT2D eigenvalue weighted by Crippen LogP contribution is 2.59. The normalized spacial score (nSPS) is 31.6. The number of fused-ring (bicyclic) bond motifs is 2. The Hall–Kier alpha value is -3.02. The molecule has 0 aromatic heterocycles. The van der Waals surface area contributed by atoms with Gasteiger partial charge in [-0.1, -0.05) is 79.2 Å². The number of likely N-dealkylation sites (N-methyl/N-ethyl adjacent to an activating group) is 1. The van der Waals surface area contributed by atoms with Gasteiger partial charge in [-0.25, -0.2) is 0 Å². The Labute approximate surface area is 305 Å². The van der Waals surface area contributed by atoms with E-state index in [9.17, 15) is 19.5 Å². The molecule has 1 spiro atoms. The number of amides is 3. The third-order valence-corrected chi connectivity index (χ3v) is 11.4. The summed E-state index contributed by atoms with van der Waals surface area (Å²) in [6.45, 7) is 13.0. The second kappa shape index (κ2) is 14.9. The number of nitrogens with zero attached hydrogens (tertiary/aromatic N) is 3. The maximum absolute atomic E-state index is 15.2. The molecule has 0 aliphatic carbocycles. The van der Waals surface area contributed by atoms with Crippen molar-refractivity contribution < 1.29 is 33.8 Å². The molecule has 0 unspecified atom stereocenters. The van der Waals surface area contributed by atoms with Crippen LogP contribution in [0.5, 0.6) is 0 Å². The molecule has 7 atom stereocenters. The Morgan fingerprint density at radius 2 is 1.66 bits per heavy atom. The second-order valence-corrected chi connectivity index (χ2v) is 17.1. The van der Waals surface area contributed by atoms with Crippen molar-refractivity contribution in [1.29, 1.82) is 0 Å². The molecule has 2 fully saturated rings. The third kappa shape index (κ3) is 7.33. The van der Waals surface area contributed by atoms with Gasteiger partial charge in [0.15, 0.2) is 0 Å². The summed E-state index contributed by atoms with van der Waals surface area (Å²) in [5.74, 6) is -3.24. The number of ether oxygens (including phenoxy) is 2. The summed E-state index contributed by atoms with van der Waals surface area (Å²) in [7, 11) is 1.72. The average molecular weight is 757 g/mol. The van der Waals surface area contributed by atoms with Crippen molar-refractivity contribution in [2.75, 3.05) is 26.7 Å². The van der Waals surface area contributed by atoms with Gasteiger partial charge in [0.1, 0.15) is 29.8 Å². The van der Waals surface area contributed by atoms with Crippen molar-refractivity contribution in [3.8, 4) is 0 Å². The largest absolute Gasteiger partial charge is 0.455 e. The topological polar surface area (TPSA) is 117 Å². The lowest BCUT2D eigenvalue weighted by atomic mass is 9.74. The molecule has 4 aliphatic rings. The molecule has 4 aliphatic heterocycles. The Balaban J connectivity index is 1.64. The lowest BCUT2D eigenvalue weighted by molar-refractivity contribution is -0.164. The van der Waals surface area contributed by atoms with Crippen molar-refractivity contribution in [2.45, 2.75) is 115 Å². The van der Waals surface area contributed by atoms with Crippen LogP contribution in [0.1, 0.15) is 91.7 Å². The first-order chi connectivity index (χ1) is 23.5. The first-order valence-electron chi connectivity index (χ1n) is 18.0. The van der Waals surface area contributed by atoms with Crippen LogP contribution in [0.25, 0.3) is 0 Å². The molecule has 0 saturated carbocycles. The van der Waals surface area contributed by atoms with E-state index in [1.54, 1.807) is 16.8 Å². The van der Waals surface area contributed by atoms with Crippen LogP contribution in [0, 0.1) is 17.3 Å². The minimum absolute atomic E-state index is 0.0418. The number of aliphatic hydroxyl groups is 1. The molecule has 11 heteroatoms. The number of halogens is 1. The van der Waals surface area contributed by atoms with Crippen LogP contribution in [0.15, 0.2) is 53.0 Å². The Morgan fingerprint density at radius 3 is 2.32 bits per heavy atom. The van der Waals surface area contributed by atoms with E-state index in [4.69, 9.17) is 9.47 Å². The number of hydrogen-bond donors (Lipinski definition) is 1. The molecule has 50 heavy (non-hydrogen) atoms. The van der Waals surface area contributed by atoms with E-state index in [1.807, 2.05) is 74.2 Å². The van der Waals surface area contributed by atoms with Crippen LogP contribution in [0.3, 0.4) is 0 Å². The van der Waals surface area contributed by atoms with Crippen LogP contribution >= 0.6 is 15.9 Å². The zero-order valence-electron chi connectivity index (χ0n) is 30.6. The lowest BCUT2D eigenvalue weighted by Gasteiger charge is -2.45. The molecule has 0 radical (unpaired) electrons. The monoisotopic (exact) mass is 755 g/mol. The maximum atomic E-state index is 15.2. The Bertz CT molecular complexity index is 1500. The number of benzene rings is 1. The molecule has 1 aromatic carbocycles. The highest BCUT2D eigenvalue weighted by atomic mass is 79.9. The summed E-state index contributed by atoms with van der Waals surface area (Å²) < 4.78 is 13.7. The van der Waals surface area contributed by atoms with Gasteiger partial charge >= 0.3 is 5.97 Å². The highest BCUT2D eigenvalue weighted by molar-refractivity contribution is 9.11. The number of unbranched alkanes of at least 4 members (excludes halogenated alkanes) is 2. The predicted octanol–water partition coefficient (Wildman–Crippen LogP) is 5.55. The van der Waals surface area contributed by atoms with E-state index in [0.717, 1.165) is 5.56 Å². The molecular formula is C39H54BrN3O7. The second-order valence-electron chi connectivity index (χ2n) is 16.2. The lowest BCUT2D eigenvalue weighted by Crippen LogP contribution is -2.60. The first-order valence-corrected chi connectivity index (χ1v) is 18.8. The van der Waals surface area contributed by atoms with E-state index < -0.39 is 53.2 Å². The van der Waals surface area contributed by atoms with Gasteiger partial charge in [0, 0.05) is 43.2 Å². The van der Waals surface area contributed by atoms with Crippen LogP contribution in [0.4, 0.5) is 0 Å². The highest BCUT2D eigenvalue weighted by Gasteiger charge is 2.75. The summed E-state index contributed by atoms with van der Waals surface area (Å²) in [6.07, 6.45) is 7.37. The van der Waals surface area contributed by atoms with E-state index in [2.05, 4.69) is 36.7 Å². The van der Waals surface area contributed by atoms with Crippen LogP contribution in [-0.2, 0) is 28.7 Å². The van der Waals surface area contributed by atoms with Crippen LogP contribution in [-0.4, -0.2) is 99.6 Å². The molecule has 2 saturated heterocycles. The molecule has 5 bridgehead atoms. The Morgan fingerprint density at radius 1 is 0.960 bits per heavy atom. The summed E-state index contributed by atoms with van der Waals surface area (Å²) in [6, 6.07) is 7.81. The van der Waals surface area contributed by atoms with Gasteiger partial charge in [-0.2, -0.15) is 0 Å². The SMILES string of the molecule is C[C@H]1[C@H](c2ccccc2)OC(=O)[C@H]2[C@@H]3O[C@@]4(C=C3Br)[C@@H]2C(=O)N(CCCCCO)[C@@H]4C(=O)N(C(C)(C)CC(C)(C)C)C/C=C\CCC(=O)N1C. The predicted molar refractivity (Wildman–Crippen MR) is 194 cm³/mol. The van der Waals surface area contributed by atoms with Gasteiger partial charge < -0.3 is 29.3 Å². The standard InChI is InChI=1S/C39H54BrN3O7/c1-25-31(26-17-11-8-12-18-26)49-36(48)29-30-34(46)42(20-14-10-16-22-44)33(39(30)23-27(40)32(29)50-39)35(47)43(38(5,6)24-37(2,3)4)21-15-9-13-19-28(45)41(25)7/h8-9,11-12,15,17-18,23,25,29-33,44H,10,13-14,16,19-22,24H2,1-7H3/b15-9-/t25-,29+,30-,31+,32+,33+,39-/m0/s1. The molecule has 3 amide bonds. The minimum atomic E-state index is -1.38. The smallest absolute Gasteiger partial charge is 0.313 e. The fraction of sp³-hybridized carbons (Fsp3) is 0.641. The summed E-state index contributed by atoms with van der Waals surface area (Å²) >= 11 is 3.66. The number of cyclic esters (lactones) is 1. The van der Waals surface area contributed by atoms with Gasteiger partial charge in [-0.05, 0) is 69.9 Å². The molecule has 4 heterocycles. The van der Waals surface area contributed by atoms with Crippen molar-refractivity contribution >= 4 is 39.6 Å². The fourth-order valence-corrected chi connectivity index (χ4v) is 9.39. The molecule has 10 nitrogen and oxygen atoms in total. The quantitative estimate of drug-likeness (QED) is 0.210. The molecular weight excluding hydrogens is 702 g/mol. The first kappa shape index (κ1) is 38.2. The van der Waals surface area contributed by atoms with Crippen molar-refractivity contribution in [3.63, 3.8) is 0 Å². The number of rotatable bonds is 8. The number of carbonyl (C=O) groups is 4. The van der Waals surface area contributed by atoms with E-state index in [1.165, 1.54) is 0 Å². The van der Waals surface area contributed by atoms with Crippen molar-refractivity contribution in [1.82, 2.24) is 14.7 Å². The van der Waals surface area contributed by atoms with Gasteiger partial charge in [-0.3, -0.25) is 19.2 Å². The van der Waals surface area contributed by atoms with E-state index >= 15 is 4.79 Å². The van der Waals surface area contributed by atoms with E-state index in [-0.39, 0.29) is 49.3 Å². The molecule has 274 valence electrons. The van der Waals surface area contributed by atoms with E-state index in [0.29, 0.717) is 36.6 Å². The zero-order chi connectivity index (χ0) is 36.6. The van der Waals surface area contributed by atoms with Crippen LogP contribution in [0.2, 0.25) is 0 Å². The number of likely N-dealkylation sites (tertiary alicyclic amines) is 1. The number of aliphatic hydroxyl groups excluding tert-OH is 1. The van der Waals surface area contributed by atoms with Gasteiger partial charge in [0.25, 0.3) is 0 Å². The summed E-state index contributed by atoms with van der Waals surface area (Å²) in [5.41, 5.74) is -1.38. The fourth-order valence-electron chi connectivity index (χ4n) is 8.66. The number of esters is 1. The number of hydrogen-bond acceptors (Lipinski definition) is 7. The average Bonchev–Trinajstić information content (AvgIpc) is 3.64. The Kier molecular flexibility index (Phi) is 11.4. The van der Waals surface area contributed by atoms with Crippen LogP contribution < -0.4 is 0 Å². The van der Waals surface area contributed by atoms with Crippen molar-refractivity contribution in [2.24, 2.45) is 17.3 Å². The summed E-state index contributed by atoms with van der Waals surface area (Å²) in [4.78, 5) is 62.9. The number of allylic oxidation sites excluding steroid dienone is 1. The summed E-state index contributed by atoms with van der Waals surface area (Å²) in [5, 5.41) is 9.44. The van der Waals surface area contributed by atoms with Crippen molar-refractivity contribution in [3.05, 3.63) is 58.6 Å². The molecule has 1 aromatic rings. The van der Waals surface area contributed by atoms with Gasteiger partial charge in [0.2, 0.25) is 17.7 Å². The van der Waals surface area contributed by atoms with Gasteiger partial charge in [-0.15, -0.1) is 0 Å². The molecule has 5 rings (SSSR count). The minimum Gasteiger partial charge on any atom is -0.455 e. The third-order valence-electron chi connectivity index (χ3n) is 10.7. The van der Waals surface area contributed by atoms with Gasteiger partial charge in [0.05, 0.1) is 12.0 Å². The molecule has 1 N–H and O–H groups in total.